The van der Waals surface area contributed by atoms with Gasteiger partial charge >= 0.3 is 0 Å². The molecule has 0 radical (unpaired) electrons. The molecule has 0 bridgehead atoms. The fourth-order valence-corrected chi connectivity index (χ4v) is 3.02. The maximum Gasteiger partial charge on any atom is 0.132 e. The Balaban J connectivity index is 2.00. The molecule has 2 N–H and O–H groups in total. The Kier molecular flexibility index (Phi) is 4.36. The van der Waals surface area contributed by atoms with Crippen LogP contribution in [-0.2, 0) is 6.42 Å². The average Bonchev–Trinajstić information content (AvgIpc) is 2.72. The zero-order chi connectivity index (χ0) is 14.7. The van der Waals surface area contributed by atoms with Crippen LogP contribution in [0.15, 0.2) is 30.3 Å². The molecule has 0 amide bonds. The molecule has 1 saturated heterocycles. The number of anilines is 1. The summed E-state index contributed by atoms with van der Waals surface area (Å²) in [4.78, 5) is 9.76. The summed E-state index contributed by atoms with van der Waals surface area (Å²) in [6.07, 6.45) is 2.08. The van der Waals surface area contributed by atoms with E-state index in [0.717, 1.165) is 43.9 Å². The molecule has 0 aliphatic carbocycles. The molecule has 1 aromatic carbocycles. The van der Waals surface area contributed by atoms with Gasteiger partial charge in [0.1, 0.15) is 5.82 Å². The van der Waals surface area contributed by atoms with E-state index in [1.54, 1.807) is 0 Å². The lowest BCUT2D eigenvalue weighted by Gasteiger charge is -2.24. The Bertz CT molecular complexity index is 611. The molecule has 21 heavy (non-hydrogen) atoms. The lowest BCUT2D eigenvalue weighted by molar-refractivity contribution is 0.360. The van der Waals surface area contributed by atoms with Gasteiger partial charge in [0.15, 0.2) is 0 Å². The lowest BCUT2D eigenvalue weighted by Crippen LogP contribution is -2.30. The predicted molar refractivity (Wildman–Crippen MR) is 88.8 cm³/mol. The van der Waals surface area contributed by atoms with Gasteiger partial charge in [-0.1, -0.05) is 18.2 Å². The highest BCUT2D eigenvalue weighted by molar-refractivity contribution is 5.81. The first-order valence-corrected chi connectivity index (χ1v) is 7.80. The van der Waals surface area contributed by atoms with Crippen molar-refractivity contribution in [2.24, 2.45) is 5.73 Å². The van der Waals surface area contributed by atoms with Crippen molar-refractivity contribution in [2.75, 3.05) is 44.7 Å². The highest BCUT2D eigenvalue weighted by Crippen LogP contribution is 2.25. The van der Waals surface area contributed by atoms with Crippen molar-refractivity contribution in [2.45, 2.75) is 12.8 Å². The van der Waals surface area contributed by atoms with Crippen LogP contribution in [0, 0.1) is 0 Å². The van der Waals surface area contributed by atoms with E-state index < -0.39 is 0 Å². The fraction of sp³-hybridized carbons (Fsp3) is 0.471. The number of pyridine rings is 1. The molecule has 1 aliphatic heterocycles. The molecular weight excluding hydrogens is 260 g/mol. The highest BCUT2D eigenvalue weighted by atomic mass is 15.2. The third kappa shape index (κ3) is 3.17. The van der Waals surface area contributed by atoms with Crippen molar-refractivity contribution in [3.05, 3.63) is 35.9 Å². The first-order chi connectivity index (χ1) is 10.3. The van der Waals surface area contributed by atoms with Gasteiger partial charge in [0, 0.05) is 25.0 Å². The molecule has 0 unspecified atom stereocenters. The Morgan fingerprint density at radius 2 is 2.00 bits per heavy atom. The second-order valence-corrected chi connectivity index (χ2v) is 5.85. The van der Waals surface area contributed by atoms with Crippen LogP contribution in [0.3, 0.4) is 0 Å². The fourth-order valence-electron chi connectivity index (χ4n) is 3.02. The minimum absolute atomic E-state index is 0.667. The van der Waals surface area contributed by atoms with Crippen molar-refractivity contribution in [1.29, 1.82) is 0 Å². The smallest absolute Gasteiger partial charge is 0.132 e. The number of para-hydroxylation sites is 1. The van der Waals surface area contributed by atoms with Gasteiger partial charge in [0.05, 0.1) is 5.52 Å². The Morgan fingerprint density at radius 3 is 2.86 bits per heavy atom. The summed E-state index contributed by atoms with van der Waals surface area (Å²) in [5.41, 5.74) is 8.15. The van der Waals surface area contributed by atoms with Crippen LogP contribution >= 0.6 is 0 Å². The summed E-state index contributed by atoms with van der Waals surface area (Å²) < 4.78 is 0. The minimum atomic E-state index is 0.667. The van der Waals surface area contributed by atoms with Crippen molar-refractivity contribution in [3.8, 4) is 0 Å². The molecule has 0 saturated carbocycles. The number of rotatable bonds is 3. The van der Waals surface area contributed by atoms with Gasteiger partial charge in [-0.3, -0.25) is 0 Å². The van der Waals surface area contributed by atoms with E-state index >= 15 is 0 Å². The van der Waals surface area contributed by atoms with Crippen LogP contribution in [0.1, 0.15) is 12.0 Å². The Labute approximate surface area is 126 Å². The summed E-state index contributed by atoms with van der Waals surface area (Å²) in [5, 5.41) is 1.21. The largest absolute Gasteiger partial charge is 0.355 e. The van der Waals surface area contributed by atoms with Gasteiger partial charge in [-0.25, -0.2) is 4.98 Å². The molecule has 4 nitrogen and oxygen atoms in total. The quantitative estimate of drug-likeness (QED) is 0.935. The number of likely N-dealkylation sites (N-methyl/N-ethyl adjacent to an activating group) is 1. The van der Waals surface area contributed by atoms with E-state index in [4.69, 9.17) is 10.7 Å². The van der Waals surface area contributed by atoms with E-state index in [-0.39, 0.29) is 0 Å². The van der Waals surface area contributed by atoms with Crippen molar-refractivity contribution in [3.63, 3.8) is 0 Å². The molecule has 4 heteroatoms. The third-order valence-electron chi connectivity index (χ3n) is 4.21. The molecule has 2 heterocycles. The van der Waals surface area contributed by atoms with Crippen LogP contribution in [0.25, 0.3) is 10.9 Å². The predicted octanol–water partition coefficient (Wildman–Crippen LogP) is 1.88. The van der Waals surface area contributed by atoms with Crippen molar-refractivity contribution < 1.29 is 0 Å². The molecule has 0 atom stereocenters. The number of nitrogens with zero attached hydrogens (tertiary/aromatic N) is 3. The van der Waals surface area contributed by atoms with Gasteiger partial charge < -0.3 is 15.5 Å². The average molecular weight is 284 g/mol. The molecular formula is C17H24N4. The van der Waals surface area contributed by atoms with E-state index in [1.165, 1.54) is 17.4 Å². The Morgan fingerprint density at radius 1 is 1.14 bits per heavy atom. The normalized spacial score (nSPS) is 17.1. The minimum Gasteiger partial charge on any atom is -0.355 e. The molecule has 3 rings (SSSR count). The van der Waals surface area contributed by atoms with Crippen LogP contribution in [0.4, 0.5) is 5.82 Å². The van der Waals surface area contributed by atoms with Crippen molar-refractivity contribution in [1.82, 2.24) is 9.88 Å². The van der Waals surface area contributed by atoms with Gasteiger partial charge in [-0.05, 0) is 50.7 Å². The number of nitrogens with two attached hydrogens (primary N) is 1. The topological polar surface area (TPSA) is 45.4 Å². The van der Waals surface area contributed by atoms with Gasteiger partial charge in [0.25, 0.3) is 0 Å². The van der Waals surface area contributed by atoms with E-state index in [1.807, 2.05) is 0 Å². The summed E-state index contributed by atoms with van der Waals surface area (Å²) in [6.45, 7) is 5.04. The number of fused-ring (bicyclic) bond motifs is 1. The standard InChI is InChI=1S/C17H24N4/c1-20-9-4-10-21(12-11-20)17-15(7-8-18)13-14-5-2-3-6-16(14)19-17/h2-3,5-6,13H,4,7-12,18H2,1H3. The number of aromatic nitrogens is 1. The first kappa shape index (κ1) is 14.3. The zero-order valence-electron chi connectivity index (χ0n) is 12.8. The second-order valence-electron chi connectivity index (χ2n) is 5.85. The molecule has 1 aromatic heterocycles. The summed E-state index contributed by atoms with van der Waals surface area (Å²) in [7, 11) is 2.19. The Hall–Kier alpha value is -1.65. The monoisotopic (exact) mass is 284 g/mol. The lowest BCUT2D eigenvalue weighted by atomic mass is 10.1. The molecule has 1 fully saturated rings. The van der Waals surface area contributed by atoms with Gasteiger partial charge in [-0.2, -0.15) is 0 Å². The van der Waals surface area contributed by atoms with Crippen LogP contribution < -0.4 is 10.6 Å². The maximum atomic E-state index is 5.80. The highest BCUT2D eigenvalue weighted by Gasteiger charge is 2.17. The van der Waals surface area contributed by atoms with Crippen LogP contribution in [0.5, 0.6) is 0 Å². The van der Waals surface area contributed by atoms with E-state index in [2.05, 4.69) is 47.2 Å². The van der Waals surface area contributed by atoms with Gasteiger partial charge in [-0.15, -0.1) is 0 Å². The summed E-state index contributed by atoms with van der Waals surface area (Å²) in [5.74, 6) is 1.13. The third-order valence-corrected chi connectivity index (χ3v) is 4.21. The van der Waals surface area contributed by atoms with Crippen LogP contribution in [0.2, 0.25) is 0 Å². The molecule has 112 valence electrons. The summed E-state index contributed by atoms with van der Waals surface area (Å²) >= 11 is 0. The van der Waals surface area contributed by atoms with E-state index in [9.17, 15) is 0 Å². The molecule has 0 spiro atoms. The SMILES string of the molecule is CN1CCCN(c2nc3ccccc3cc2CCN)CC1. The maximum absolute atomic E-state index is 5.80. The first-order valence-electron chi connectivity index (χ1n) is 7.80. The summed E-state index contributed by atoms with van der Waals surface area (Å²) in [6, 6.07) is 10.6. The number of hydrogen-bond donors (Lipinski definition) is 1. The number of hydrogen-bond acceptors (Lipinski definition) is 4. The van der Waals surface area contributed by atoms with Crippen molar-refractivity contribution >= 4 is 16.7 Å². The second kappa shape index (κ2) is 6.41. The zero-order valence-corrected chi connectivity index (χ0v) is 12.8. The van der Waals surface area contributed by atoms with Gasteiger partial charge in [0.2, 0.25) is 0 Å². The van der Waals surface area contributed by atoms with E-state index in [0.29, 0.717) is 6.54 Å². The molecule has 2 aromatic rings. The van der Waals surface area contributed by atoms with Crippen LogP contribution in [-0.4, -0.2) is 49.7 Å². The molecule has 1 aliphatic rings. The number of benzene rings is 1.